The number of aliphatic imine (C=N–C) groups is 1. The van der Waals surface area contributed by atoms with E-state index in [1.807, 2.05) is 0 Å². The Bertz CT molecular complexity index is 773. The SMILES string of the molecule is CCOC(=O)/C=C/[C@]12C[C@H]1[C@@](CF)(c1cc(Br)ccc1F)N=C(N)S2. The molecule has 25 heavy (non-hydrogen) atoms. The van der Waals surface area contributed by atoms with Crippen LogP contribution in [0.3, 0.4) is 0 Å². The Morgan fingerprint density at radius 3 is 3.04 bits per heavy atom. The highest BCUT2D eigenvalue weighted by molar-refractivity contribution is 9.10. The van der Waals surface area contributed by atoms with Gasteiger partial charge in [0.2, 0.25) is 0 Å². The van der Waals surface area contributed by atoms with E-state index >= 15 is 0 Å². The number of fused-ring (bicyclic) bond motifs is 1. The van der Waals surface area contributed by atoms with E-state index in [9.17, 15) is 13.6 Å². The summed E-state index contributed by atoms with van der Waals surface area (Å²) in [5, 5.41) is 0.180. The van der Waals surface area contributed by atoms with Gasteiger partial charge in [-0.25, -0.2) is 18.6 Å². The maximum absolute atomic E-state index is 14.4. The minimum atomic E-state index is -1.39. The summed E-state index contributed by atoms with van der Waals surface area (Å²) in [7, 11) is 0. The molecule has 8 heteroatoms. The van der Waals surface area contributed by atoms with Crippen LogP contribution < -0.4 is 5.73 Å². The molecule has 0 saturated heterocycles. The van der Waals surface area contributed by atoms with Gasteiger partial charge in [0.15, 0.2) is 5.17 Å². The Morgan fingerprint density at radius 2 is 2.36 bits per heavy atom. The van der Waals surface area contributed by atoms with E-state index in [0.717, 1.165) is 0 Å². The number of alkyl halides is 1. The molecule has 0 spiro atoms. The lowest BCUT2D eigenvalue weighted by Crippen LogP contribution is -2.39. The lowest BCUT2D eigenvalue weighted by atomic mass is 9.85. The van der Waals surface area contributed by atoms with E-state index in [4.69, 9.17) is 10.5 Å². The number of ether oxygens (including phenoxy) is 1. The van der Waals surface area contributed by atoms with Gasteiger partial charge in [-0.1, -0.05) is 33.8 Å². The third kappa shape index (κ3) is 3.21. The molecule has 1 aliphatic heterocycles. The first-order valence-corrected chi connectivity index (χ1v) is 9.39. The summed E-state index contributed by atoms with van der Waals surface area (Å²) in [6.45, 7) is 1.11. The van der Waals surface area contributed by atoms with Crippen LogP contribution in [0.4, 0.5) is 8.78 Å². The quantitative estimate of drug-likeness (QED) is 0.571. The summed E-state index contributed by atoms with van der Waals surface area (Å²) in [6, 6.07) is 4.37. The molecule has 2 N–H and O–H groups in total. The van der Waals surface area contributed by atoms with Crippen molar-refractivity contribution < 1.29 is 18.3 Å². The van der Waals surface area contributed by atoms with Crippen molar-refractivity contribution in [3.05, 3.63) is 46.2 Å². The first-order chi connectivity index (χ1) is 11.9. The molecule has 1 heterocycles. The van der Waals surface area contributed by atoms with Gasteiger partial charge in [-0.3, -0.25) is 0 Å². The van der Waals surface area contributed by atoms with E-state index in [1.165, 1.54) is 23.9 Å². The zero-order chi connectivity index (χ0) is 18.2. The van der Waals surface area contributed by atoms with Crippen molar-refractivity contribution in [1.29, 1.82) is 0 Å². The van der Waals surface area contributed by atoms with Crippen LogP contribution in [0.1, 0.15) is 18.9 Å². The molecule has 3 atom stereocenters. The number of carbonyl (C=O) groups is 1. The predicted octanol–water partition coefficient (Wildman–Crippen LogP) is 3.69. The molecule has 1 aromatic rings. The van der Waals surface area contributed by atoms with Gasteiger partial charge in [0.05, 0.1) is 6.61 Å². The normalized spacial score (nSPS) is 30.7. The van der Waals surface area contributed by atoms with E-state index in [2.05, 4.69) is 20.9 Å². The number of thioether (sulfide) groups is 1. The van der Waals surface area contributed by atoms with Crippen molar-refractivity contribution in [1.82, 2.24) is 0 Å². The van der Waals surface area contributed by atoms with Crippen molar-refractivity contribution in [2.75, 3.05) is 13.3 Å². The molecule has 1 aliphatic carbocycles. The summed E-state index contributed by atoms with van der Waals surface area (Å²) in [6.07, 6.45) is 3.56. The minimum absolute atomic E-state index is 0.170. The number of esters is 1. The van der Waals surface area contributed by atoms with Crippen LogP contribution in [0.2, 0.25) is 0 Å². The fourth-order valence-corrected chi connectivity index (χ4v) is 5.01. The first-order valence-electron chi connectivity index (χ1n) is 7.78. The van der Waals surface area contributed by atoms with Gasteiger partial charge >= 0.3 is 5.97 Å². The van der Waals surface area contributed by atoms with Crippen LogP contribution in [-0.4, -0.2) is 29.2 Å². The molecule has 3 rings (SSSR count). The van der Waals surface area contributed by atoms with Crippen molar-refractivity contribution >= 4 is 38.8 Å². The highest BCUT2D eigenvalue weighted by Gasteiger charge is 2.67. The second-order valence-electron chi connectivity index (χ2n) is 6.03. The molecule has 0 unspecified atom stereocenters. The number of hydrogen-bond acceptors (Lipinski definition) is 5. The molecule has 1 fully saturated rings. The third-order valence-corrected chi connectivity index (χ3v) is 6.28. The van der Waals surface area contributed by atoms with Crippen molar-refractivity contribution in [2.45, 2.75) is 23.6 Å². The highest BCUT2D eigenvalue weighted by Crippen LogP contribution is 2.66. The van der Waals surface area contributed by atoms with Crippen molar-refractivity contribution in [2.24, 2.45) is 16.6 Å². The van der Waals surface area contributed by atoms with E-state index in [0.29, 0.717) is 10.9 Å². The van der Waals surface area contributed by atoms with Crippen molar-refractivity contribution in [3.8, 4) is 0 Å². The summed E-state index contributed by atoms with van der Waals surface area (Å²) in [5.41, 5.74) is 4.72. The van der Waals surface area contributed by atoms with Crippen LogP contribution in [0.5, 0.6) is 0 Å². The standard InChI is InChI=1S/C17H17BrF2N2O2S/c1-2-24-14(23)5-6-16-8-13(16)17(9-19,22-15(21)25-16)11-7-10(18)3-4-12(11)20/h3-7,13H,2,8-9H2,1H3,(H2,21,22)/b6-5+/t13-,16+,17-/m1/s1. The molecule has 2 aliphatic rings. The zero-order valence-corrected chi connectivity index (χ0v) is 15.9. The molecule has 1 saturated carbocycles. The van der Waals surface area contributed by atoms with Crippen molar-refractivity contribution in [3.63, 3.8) is 0 Å². The third-order valence-electron chi connectivity index (χ3n) is 4.52. The second-order valence-corrected chi connectivity index (χ2v) is 8.33. The maximum atomic E-state index is 14.4. The predicted molar refractivity (Wildman–Crippen MR) is 97.6 cm³/mol. The summed E-state index contributed by atoms with van der Waals surface area (Å²) < 4.78 is 33.6. The number of nitrogens with two attached hydrogens (primary N) is 1. The van der Waals surface area contributed by atoms with Gasteiger partial charge in [0.1, 0.15) is 18.0 Å². The number of hydrogen-bond donors (Lipinski definition) is 1. The minimum Gasteiger partial charge on any atom is -0.463 e. The Hall–Kier alpha value is -1.41. The fourth-order valence-electron chi connectivity index (χ4n) is 3.33. The van der Waals surface area contributed by atoms with Crippen LogP contribution in [0.15, 0.2) is 39.8 Å². The van der Waals surface area contributed by atoms with Gasteiger partial charge in [-0.2, -0.15) is 0 Å². The van der Waals surface area contributed by atoms with E-state index < -0.39 is 28.7 Å². The molecular formula is C17H17BrF2N2O2S. The Morgan fingerprint density at radius 1 is 1.60 bits per heavy atom. The molecule has 134 valence electrons. The molecule has 0 amide bonds. The number of nitrogens with zero attached hydrogens (tertiary/aromatic N) is 1. The summed E-state index contributed by atoms with van der Waals surface area (Å²) in [5.74, 6) is -1.29. The molecule has 4 nitrogen and oxygen atoms in total. The van der Waals surface area contributed by atoms with Gasteiger partial charge in [0.25, 0.3) is 0 Å². The monoisotopic (exact) mass is 430 g/mol. The molecule has 1 aromatic carbocycles. The fraction of sp³-hybridized carbons (Fsp3) is 0.412. The van der Waals surface area contributed by atoms with Crippen LogP contribution in [0, 0.1) is 11.7 Å². The Balaban J connectivity index is 2.00. The molecule has 0 bridgehead atoms. The summed E-state index contributed by atoms with van der Waals surface area (Å²) in [4.78, 5) is 15.9. The topological polar surface area (TPSA) is 64.7 Å². The average molecular weight is 431 g/mol. The first kappa shape index (κ1) is 18.4. The lowest BCUT2D eigenvalue weighted by Gasteiger charge is -2.34. The summed E-state index contributed by atoms with van der Waals surface area (Å²) >= 11 is 4.57. The largest absolute Gasteiger partial charge is 0.463 e. The average Bonchev–Trinajstić information content (AvgIpc) is 3.30. The van der Waals surface area contributed by atoms with Gasteiger partial charge in [-0.15, -0.1) is 0 Å². The highest BCUT2D eigenvalue weighted by atomic mass is 79.9. The smallest absolute Gasteiger partial charge is 0.330 e. The number of benzene rings is 1. The van der Waals surface area contributed by atoms with Gasteiger partial charge in [-0.05, 0) is 31.5 Å². The molecule has 0 aromatic heterocycles. The van der Waals surface area contributed by atoms with E-state index in [1.54, 1.807) is 25.1 Å². The number of amidine groups is 1. The van der Waals surface area contributed by atoms with Crippen LogP contribution >= 0.6 is 27.7 Å². The molecular weight excluding hydrogens is 414 g/mol. The van der Waals surface area contributed by atoms with Crippen LogP contribution in [-0.2, 0) is 15.1 Å². The number of carbonyl (C=O) groups excluding carboxylic acids is 1. The van der Waals surface area contributed by atoms with Gasteiger partial charge in [0, 0.05) is 26.8 Å². The van der Waals surface area contributed by atoms with Gasteiger partial charge < -0.3 is 10.5 Å². The van der Waals surface area contributed by atoms with Crippen LogP contribution in [0.25, 0.3) is 0 Å². The molecule has 0 radical (unpaired) electrons. The van der Waals surface area contributed by atoms with E-state index in [-0.39, 0.29) is 23.3 Å². The lowest BCUT2D eigenvalue weighted by molar-refractivity contribution is -0.137. The Labute approximate surface area is 157 Å². The maximum Gasteiger partial charge on any atom is 0.330 e. The Kier molecular flexibility index (Phi) is 4.94. The number of halogens is 3. The number of rotatable bonds is 5. The zero-order valence-electron chi connectivity index (χ0n) is 13.5. The second kappa shape index (κ2) is 6.72.